The maximum absolute atomic E-state index is 12.7. The molecule has 1 aliphatic heterocycles. The third kappa shape index (κ3) is 3.87. The van der Waals surface area contributed by atoms with Crippen LogP contribution in [0.15, 0.2) is 12.2 Å². The SMILES string of the molecule is C=C(C)C(OC(=O)N1CCC1)C(CC(C)[C@H]1C[C@H](O)[C@@]2(C)C3CC[C@H]4C(C)(C)C(O)CCC45CC35CCC12C)OC. The zero-order valence-corrected chi connectivity index (χ0v) is 26.9. The number of ether oxygens (including phenoxy) is 2. The molecule has 8 unspecified atom stereocenters. The van der Waals surface area contributed by atoms with E-state index in [1.807, 2.05) is 6.92 Å². The molecule has 6 nitrogen and oxygen atoms in total. The van der Waals surface area contributed by atoms with Crippen molar-refractivity contribution < 1.29 is 24.5 Å². The Labute approximate surface area is 248 Å². The highest BCUT2D eigenvalue weighted by Gasteiger charge is 2.83. The van der Waals surface area contributed by atoms with Gasteiger partial charge in [-0.25, -0.2) is 4.79 Å². The van der Waals surface area contributed by atoms with Gasteiger partial charge in [0.25, 0.3) is 0 Å². The monoisotopic (exact) mass is 571 g/mol. The van der Waals surface area contributed by atoms with Gasteiger partial charge in [-0.1, -0.05) is 41.2 Å². The highest BCUT2D eigenvalue weighted by atomic mass is 16.6. The second-order valence-corrected chi connectivity index (χ2v) is 16.6. The third-order valence-electron chi connectivity index (χ3n) is 15.0. The molecule has 6 heteroatoms. The minimum atomic E-state index is -0.470. The minimum absolute atomic E-state index is 0.0200. The molecule has 5 aliphatic carbocycles. The summed E-state index contributed by atoms with van der Waals surface area (Å²) in [4.78, 5) is 14.5. The summed E-state index contributed by atoms with van der Waals surface area (Å²) in [5, 5.41) is 23.0. The average molecular weight is 572 g/mol. The lowest BCUT2D eigenvalue weighted by molar-refractivity contribution is -0.182. The Morgan fingerprint density at radius 1 is 1.00 bits per heavy atom. The number of hydrogen-bond donors (Lipinski definition) is 2. The summed E-state index contributed by atoms with van der Waals surface area (Å²) in [7, 11) is 1.72. The van der Waals surface area contributed by atoms with Crippen molar-refractivity contribution in [2.75, 3.05) is 20.2 Å². The van der Waals surface area contributed by atoms with Crippen molar-refractivity contribution in [1.82, 2.24) is 4.90 Å². The second-order valence-electron chi connectivity index (χ2n) is 16.6. The molecule has 5 saturated carbocycles. The van der Waals surface area contributed by atoms with Crippen LogP contribution in [0, 0.1) is 50.7 Å². The number of hydrogen-bond acceptors (Lipinski definition) is 5. The molecular formula is C35H57NO5. The molecule has 0 bridgehead atoms. The first-order valence-electron chi connectivity index (χ1n) is 16.7. The molecule has 12 atom stereocenters. The second kappa shape index (κ2) is 9.69. The number of methoxy groups -OCH3 is 1. The maximum Gasteiger partial charge on any atom is 0.410 e. The summed E-state index contributed by atoms with van der Waals surface area (Å²) in [5.41, 5.74) is 1.44. The van der Waals surface area contributed by atoms with Gasteiger partial charge in [0, 0.05) is 25.6 Å². The van der Waals surface area contributed by atoms with Crippen LogP contribution in [0.3, 0.4) is 0 Å². The molecule has 6 rings (SSSR count). The molecule has 0 radical (unpaired) electrons. The Balaban J connectivity index is 1.22. The van der Waals surface area contributed by atoms with Gasteiger partial charge in [0.05, 0.1) is 18.3 Å². The molecule has 1 saturated heterocycles. The highest BCUT2D eigenvalue weighted by molar-refractivity contribution is 5.69. The van der Waals surface area contributed by atoms with Gasteiger partial charge in [0.2, 0.25) is 0 Å². The standard InChI is InChI=1S/C35H57NO5/c1-21(2)29(41-30(39)36-16-9-17-36)24(40-8)18-22(3)23-19-28(38)33(7)26-11-10-25-31(4,5)27(37)12-13-34(25)20-35(26,34)15-14-32(23,33)6/h22-29,37-38H,1,9-20H2,2-8H3/t22?,23-,24?,25+,26?,27?,28+,29?,32?,33-,34?,35?/m1/s1. The number of aliphatic hydroxyl groups excluding tert-OH is 2. The van der Waals surface area contributed by atoms with Crippen molar-refractivity contribution in [2.24, 2.45) is 50.7 Å². The van der Waals surface area contributed by atoms with Crippen LogP contribution in [-0.4, -0.2) is 65.8 Å². The molecule has 232 valence electrons. The van der Waals surface area contributed by atoms with Crippen molar-refractivity contribution in [3.63, 3.8) is 0 Å². The van der Waals surface area contributed by atoms with Crippen LogP contribution in [-0.2, 0) is 9.47 Å². The fourth-order valence-corrected chi connectivity index (χ4v) is 12.3. The molecule has 0 aromatic carbocycles. The molecule has 1 heterocycles. The maximum atomic E-state index is 12.7. The van der Waals surface area contributed by atoms with Crippen molar-refractivity contribution in [2.45, 2.75) is 130 Å². The molecule has 2 spiro atoms. The van der Waals surface area contributed by atoms with Crippen LogP contribution in [0.4, 0.5) is 4.79 Å². The number of carbonyl (C=O) groups is 1. The lowest BCUT2D eigenvalue weighted by Gasteiger charge is -2.63. The van der Waals surface area contributed by atoms with E-state index in [0.717, 1.165) is 57.2 Å². The van der Waals surface area contributed by atoms with Crippen LogP contribution in [0.2, 0.25) is 0 Å². The van der Waals surface area contributed by atoms with Crippen molar-refractivity contribution in [3.05, 3.63) is 12.2 Å². The van der Waals surface area contributed by atoms with Crippen molar-refractivity contribution in [1.29, 1.82) is 0 Å². The average Bonchev–Trinajstić information content (AvgIpc) is 3.50. The predicted molar refractivity (Wildman–Crippen MR) is 160 cm³/mol. The molecule has 6 fully saturated rings. The highest BCUT2D eigenvalue weighted by Crippen LogP contribution is 2.89. The van der Waals surface area contributed by atoms with Gasteiger partial charge in [0.1, 0.15) is 0 Å². The molecule has 2 N–H and O–H groups in total. The van der Waals surface area contributed by atoms with E-state index in [1.165, 1.54) is 25.7 Å². The van der Waals surface area contributed by atoms with Gasteiger partial charge in [-0.3, -0.25) is 0 Å². The van der Waals surface area contributed by atoms with Crippen LogP contribution >= 0.6 is 0 Å². The molecule has 6 aliphatic rings. The first-order valence-corrected chi connectivity index (χ1v) is 16.7. The van der Waals surface area contributed by atoms with E-state index >= 15 is 0 Å². The van der Waals surface area contributed by atoms with E-state index in [4.69, 9.17) is 9.47 Å². The zero-order valence-electron chi connectivity index (χ0n) is 26.9. The minimum Gasteiger partial charge on any atom is -0.439 e. The summed E-state index contributed by atoms with van der Waals surface area (Å²) in [6, 6.07) is 0. The summed E-state index contributed by atoms with van der Waals surface area (Å²) in [6.45, 7) is 19.5. The van der Waals surface area contributed by atoms with E-state index in [-0.39, 0.29) is 40.7 Å². The van der Waals surface area contributed by atoms with Gasteiger partial charge >= 0.3 is 6.09 Å². The Bertz CT molecular complexity index is 1070. The van der Waals surface area contributed by atoms with Crippen molar-refractivity contribution >= 4 is 6.09 Å². The first kappa shape index (κ1) is 29.9. The van der Waals surface area contributed by atoms with Crippen LogP contribution < -0.4 is 0 Å². The summed E-state index contributed by atoms with van der Waals surface area (Å²) in [5.74, 6) is 1.83. The number of amides is 1. The number of likely N-dealkylation sites (tertiary alicyclic amines) is 1. The smallest absolute Gasteiger partial charge is 0.410 e. The van der Waals surface area contributed by atoms with E-state index in [9.17, 15) is 15.0 Å². The van der Waals surface area contributed by atoms with Crippen LogP contribution in [0.1, 0.15) is 106 Å². The first-order chi connectivity index (χ1) is 19.2. The Kier molecular flexibility index (Phi) is 7.08. The summed E-state index contributed by atoms with van der Waals surface area (Å²) >= 11 is 0. The fraction of sp³-hybridized carbons (Fsp3) is 0.914. The predicted octanol–water partition coefficient (Wildman–Crippen LogP) is 6.59. The number of fused-ring (bicyclic) bond motifs is 2. The third-order valence-corrected chi connectivity index (χ3v) is 15.0. The number of rotatable bonds is 7. The van der Waals surface area contributed by atoms with Gasteiger partial charge in [-0.15, -0.1) is 0 Å². The number of aliphatic hydroxyl groups is 2. The Morgan fingerprint density at radius 3 is 2.27 bits per heavy atom. The molecule has 41 heavy (non-hydrogen) atoms. The van der Waals surface area contributed by atoms with Gasteiger partial charge in [0.15, 0.2) is 6.10 Å². The van der Waals surface area contributed by atoms with Crippen LogP contribution in [0.5, 0.6) is 0 Å². The Morgan fingerprint density at radius 2 is 1.66 bits per heavy atom. The quantitative estimate of drug-likeness (QED) is 0.337. The molecular weight excluding hydrogens is 514 g/mol. The van der Waals surface area contributed by atoms with Gasteiger partial charge in [-0.05, 0) is 122 Å². The van der Waals surface area contributed by atoms with E-state index in [1.54, 1.807) is 12.0 Å². The topological polar surface area (TPSA) is 79.2 Å². The summed E-state index contributed by atoms with van der Waals surface area (Å²) < 4.78 is 12.0. The lowest BCUT2D eigenvalue weighted by atomic mass is 9.41. The Hall–Kier alpha value is -1.11. The largest absolute Gasteiger partial charge is 0.439 e. The molecule has 0 aromatic rings. The van der Waals surface area contributed by atoms with E-state index in [0.29, 0.717) is 34.5 Å². The summed E-state index contributed by atoms with van der Waals surface area (Å²) in [6.07, 6.45) is 9.34. The van der Waals surface area contributed by atoms with E-state index < -0.39 is 6.10 Å². The zero-order chi connectivity index (χ0) is 29.8. The fourth-order valence-electron chi connectivity index (χ4n) is 12.3. The molecule has 1 amide bonds. The van der Waals surface area contributed by atoms with E-state index in [2.05, 4.69) is 41.2 Å². The number of nitrogens with zero attached hydrogens (tertiary/aromatic N) is 1. The normalized spacial score (nSPS) is 47.9. The molecule has 0 aromatic heterocycles. The lowest BCUT2D eigenvalue weighted by Crippen LogP contribution is -2.59. The van der Waals surface area contributed by atoms with Gasteiger partial charge < -0.3 is 24.6 Å². The van der Waals surface area contributed by atoms with Gasteiger partial charge in [-0.2, -0.15) is 0 Å². The van der Waals surface area contributed by atoms with Crippen molar-refractivity contribution in [3.8, 4) is 0 Å². The number of carbonyl (C=O) groups excluding carboxylic acids is 1. The van der Waals surface area contributed by atoms with Crippen LogP contribution in [0.25, 0.3) is 0 Å².